The number of alkyl halides is 26. The van der Waals surface area contributed by atoms with Crippen molar-refractivity contribution in [2.45, 2.75) is 226 Å². The van der Waals surface area contributed by atoms with E-state index >= 15 is 0 Å². The predicted molar refractivity (Wildman–Crippen MR) is 216 cm³/mol. The van der Waals surface area contributed by atoms with Crippen molar-refractivity contribution in [1.29, 1.82) is 0 Å². The Morgan fingerprint density at radius 2 is 0.347 bits per heavy atom. The van der Waals surface area contributed by atoms with E-state index in [1.165, 1.54) is 0 Å². The van der Waals surface area contributed by atoms with Crippen molar-refractivity contribution in [3.05, 3.63) is 0 Å². The molecule has 0 fully saturated rings. The van der Waals surface area contributed by atoms with Gasteiger partial charge in [-0.05, 0) is 64.2 Å². The molecule has 0 aliphatic carbocycles. The highest BCUT2D eigenvalue weighted by molar-refractivity contribution is 5.11. The molecule has 0 amide bonds. The number of halogens is 26. The van der Waals surface area contributed by atoms with Gasteiger partial charge in [0.15, 0.2) is 0 Å². The summed E-state index contributed by atoms with van der Waals surface area (Å²) in [5, 5.41) is 0. The van der Waals surface area contributed by atoms with E-state index in [1.54, 1.807) is 0 Å². The molecule has 0 aromatic rings. The van der Waals surface area contributed by atoms with E-state index < -0.39 is 97.3 Å². The molecule has 0 saturated carbocycles. The van der Waals surface area contributed by atoms with Gasteiger partial charge in [-0.25, -0.2) is 0 Å². The van der Waals surface area contributed by atoms with Crippen LogP contribution in [0.5, 0.6) is 0 Å². The third-order valence-electron chi connectivity index (χ3n) is 12.8. The van der Waals surface area contributed by atoms with Crippen LogP contribution in [0.1, 0.15) is 154 Å². The Bertz CT molecular complexity index is 1430. The van der Waals surface area contributed by atoms with E-state index in [0.717, 1.165) is 90.4 Å². The Kier molecular flexibility index (Phi) is 25.7. The number of hydrogen-bond donors (Lipinski definition) is 0. The van der Waals surface area contributed by atoms with Crippen molar-refractivity contribution in [2.75, 3.05) is 54.4 Å². The Balaban J connectivity index is 4.20. The van der Waals surface area contributed by atoms with Gasteiger partial charge in [-0.2, -0.15) is 114 Å². The van der Waals surface area contributed by atoms with Gasteiger partial charge in [0.05, 0.1) is 54.4 Å². The SMILES string of the molecule is C[N+](C)(CCCCCCCCCCCC[N+](C)(C)CCCCCCCCC(F)(F)C(F)(F)C(F)(F)C(F)(F)C(F)(F)C(F)(F)F)CCCCCCCCC(F)(F)C(F)(F)C(F)(F)C(F)(F)C(F)(F)C(F)(F)F. The Morgan fingerprint density at radius 1 is 0.194 bits per heavy atom. The smallest absolute Gasteiger partial charge is 0.328 e. The summed E-state index contributed by atoms with van der Waals surface area (Å²) in [5.41, 5.74) is 0. The number of unbranched alkanes of at least 4 members (excludes halogenated alkanes) is 19. The highest BCUT2D eigenvalue weighted by atomic mass is 19.4. The molecule has 0 bridgehead atoms. The van der Waals surface area contributed by atoms with Crippen LogP contribution in [-0.4, -0.2) is 135 Å². The molecule has 0 aliphatic heterocycles. The highest BCUT2D eigenvalue weighted by Crippen LogP contribution is 2.62. The summed E-state index contributed by atoms with van der Waals surface area (Å²) in [7, 11) is 8.01. The molecule has 0 spiro atoms. The zero-order valence-corrected chi connectivity index (χ0v) is 40.5. The first-order valence-corrected chi connectivity index (χ1v) is 23.7. The van der Waals surface area contributed by atoms with Crippen LogP contribution in [0.15, 0.2) is 0 Å². The molecule has 0 aromatic heterocycles. The molecule has 0 unspecified atom stereocenters. The van der Waals surface area contributed by atoms with Crippen LogP contribution < -0.4 is 0 Å². The van der Waals surface area contributed by atoms with Crippen LogP contribution in [-0.2, 0) is 0 Å². The summed E-state index contributed by atoms with van der Waals surface area (Å²) in [6.07, 6.45) is -7.82. The molecule has 2 nitrogen and oxygen atoms in total. The average Bonchev–Trinajstić information content (AvgIpc) is 3.21. The van der Waals surface area contributed by atoms with E-state index in [1.807, 2.05) is 28.2 Å². The van der Waals surface area contributed by atoms with Crippen molar-refractivity contribution in [1.82, 2.24) is 0 Å². The Labute approximate surface area is 403 Å². The van der Waals surface area contributed by atoms with Gasteiger partial charge in [0.25, 0.3) is 0 Å². The fraction of sp³-hybridized carbons (Fsp3) is 1.00. The van der Waals surface area contributed by atoms with Gasteiger partial charge in [-0.3, -0.25) is 0 Å². The van der Waals surface area contributed by atoms with Gasteiger partial charge in [0.1, 0.15) is 0 Å². The lowest BCUT2D eigenvalue weighted by atomic mass is 9.91. The van der Waals surface area contributed by atoms with Crippen LogP contribution in [0, 0.1) is 0 Å². The maximum Gasteiger partial charge on any atom is 0.460 e. The predicted octanol–water partition coefficient (Wildman–Crippen LogP) is 18.0. The van der Waals surface area contributed by atoms with Gasteiger partial charge < -0.3 is 8.97 Å². The minimum absolute atomic E-state index is 0.144. The summed E-state index contributed by atoms with van der Waals surface area (Å²) >= 11 is 0. The van der Waals surface area contributed by atoms with E-state index in [-0.39, 0.29) is 25.7 Å². The minimum atomic E-state index is -7.89. The van der Waals surface area contributed by atoms with Crippen LogP contribution in [0.3, 0.4) is 0 Å². The number of hydrogen-bond acceptors (Lipinski definition) is 0. The van der Waals surface area contributed by atoms with E-state index in [0.29, 0.717) is 47.5 Å². The molecule has 0 heterocycles. The van der Waals surface area contributed by atoms with Crippen molar-refractivity contribution in [3.8, 4) is 0 Å². The Morgan fingerprint density at radius 3 is 0.528 bits per heavy atom. The molecule has 434 valence electrons. The quantitative estimate of drug-likeness (QED) is 0.0327. The fourth-order valence-corrected chi connectivity index (χ4v) is 7.82. The molecule has 0 aliphatic rings. The second-order valence-electron chi connectivity index (χ2n) is 20.0. The number of nitrogens with zero attached hydrogens (tertiary/aromatic N) is 2. The summed E-state index contributed by atoms with van der Waals surface area (Å²) in [5.74, 6) is -73.3. The largest absolute Gasteiger partial charge is 0.460 e. The van der Waals surface area contributed by atoms with Crippen molar-refractivity contribution < 1.29 is 123 Å². The van der Waals surface area contributed by atoms with Crippen molar-refractivity contribution in [3.63, 3.8) is 0 Å². The van der Waals surface area contributed by atoms with Crippen molar-refractivity contribution >= 4 is 0 Å². The molecule has 0 aromatic carbocycles. The lowest BCUT2D eigenvalue weighted by Gasteiger charge is -2.39. The van der Waals surface area contributed by atoms with E-state index in [9.17, 15) is 114 Å². The first-order valence-electron chi connectivity index (χ1n) is 23.7. The zero-order valence-electron chi connectivity index (χ0n) is 40.5. The summed E-state index contributed by atoms with van der Waals surface area (Å²) in [6.45, 7) is 3.17. The second-order valence-corrected chi connectivity index (χ2v) is 20.0. The molecule has 0 radical (unpaired) electrons. The van der Waals surface area contributed by atoms with Gasteiger partial charge in [-0.15, -0.1) is 0 Å². The van der Waals surface area contributed by atoms with Gasteiger partial charge in [0, 0.05) is 12.8 Å². The van der Waals surface area contributed by atoms with Gasteiger partial charge in [-0.1, -0.05) is 77.0 Å². The molecular formula is C44H68F26N2+2. The second kappa shape index (κ2) is 26.4. The molecule has 0 rings (SSSR count). The molecule has 0 atom stereocenters. The lowest BCUT2D eigenvalue weighted by Crippen LogP contribution is -2.70. The zero-order chi connectivity index (χ0) is 56.8. The third kappa shape index (κ3) is 17.8. The fourth-order valence-electron chi connectivity index (χ4n) is 7.82. The Hall–Kier alpha value is -1.90. The summed E-state index contributed by atoms with van der Waals surface area (Å²) in [6, 6.07) is 0. The molecule has 0 saturated heterocycles. The number of quaternary nitrogens is 2. The first kappa shape index (κ1) is 70.1. The maximum atomic E-state index is 14.0. The molecule has 28 heteroatoms. The minimum Gasteiger partial charge on any atom is -0.328 e. The van der Waals surface area contributed by atoms with Crippen LogP contribution in [0.4, 0.5) is 114 Å². The average molecular weight is 1120 g/mol. The first-order chi connectivity index (χ1) is 32.1. The van der Waals surface area contributed by atoms with Crippen LogP contribution >= 0.6 is 0 Å². The normalized spacial score (nSPS) is 15.2. The maximum absolute atomic E-state index is 14.0. The van der Waals surface area contributed by atoms with E-state index in [4.69, 9.17) is 0 Å². The van der Waals surface area contributed by atoms with Crippen LogP contribution in [0.25, 0.3) is 0 Å². The summed E-state index contributed by atoms with van der Waals surface area (Å²) < 4.78 is 346. The van der Waals surface area contributed by atoms with Crippen molar-refractivity contribution in [2.24, 2.45) is 0 Å². The standard InChI is InChI=1S/C44H68F26N2/c1-71(2,31-25-19-13-9-15-21-27-33(45,46)35(49,50)37(53,54)39(57,58)41(61,62)43(65,66)67)29-23-17-11-7-5-6-8-12-18-24-30-72(3,4)32-26-20-14-10-16-22-28-34(47,48)36(51,52)38(55,56)40(59,60)42(63,64)44(68,69)70/h5-32H2,1-4H3/q+2. The summed E-state index contributed by atoms with van der Waals surface area (Å²) in [4.78, 5) is 0. The number of rotatable bonds is 39. The van der Waals surface area contributed by atoms with Gasteiger partial charge >= 0.3 is 71.6 Å². The van der Waals surface area contributed by atoms with E-state index in [2.05, 4.69) is 0 Å². The highest BCUT2D eigenvalue weighted by Gasteiger charge is 2.92. The molecule has 72 heavy (non-hydrogen) atoms. The lowest BCUT2D eigenvalue weighted by molar-refractivity contribution is -0.890. The monoisotopic (exact) mass is 1120 g/mol. The topological polar surface area (TPSA) is 0 Å². The molecule has 0 N–H and O–H groups in total. The van der Waals surface area contributed by atoms with Gasteiger partial charge in [0.2, 0.25) is 0 Å². The molecular weight excluding hydrogens is 1050 g/mol. The van der Waals surface area contributed by atoms with Crippen LogP contribution in [0.2, 0.25) is 0 Å². The third-order valence-corrected chi connectivity index (χ3v) is 12.8.